The zero-order chi connectivity index (χ0) is 15.0. The van der Waals surface area contributed by atoms with Crippen molar-refractivity contribution in [3.63, 3.8) is 0 Å². The first-order chi connectivity index (χ1) is 9.56. The summed E-state index contributed by atoms with van der Waals surface area (Å²) < 4.78 is 14.6. The van der Waals surface area contributed by atoms with Crippen LogP contribution in [-0.4, -0.2) is 49.1 Å². The normalized spacial score (nSPS) is 24.1. The lowest BCUT2D eigenvalue weighted by Gasteiger charge is -2.05. The number of carbonyl (C=O) groups excluding carboxylic acids is 1. The molecular formula is C14H24O6. The first-order valence-electron chi connectivity index (χ1n) is 7.18. The number of carboxylic acids is 1. The third-order valence-electron chi connectivity index (χ3n) is 3.08. The molecule has 6 nitrogen and oxygen atoms in total. The van der Waals surface area contributed by atoms with Gasteiger partial charge < -0.3 is 19.3 Å². The molecule has 0 aromatic heterocycles. The predicted molar refractivity (Wildman–Crippen MR) is 71.4 cm³/mol. The molecule has 0 amide bonds. The van der Waals surface area contributed by atoms with Gasteiger partial charge in [-0.3, -0.25) is 9.59 Å². The minimum atomic E-state index is -0.696. The summed E-state index contributed by atoms with van der Waals surface area (Å²) in [6.45, 7) is 5.79. The molecule has 2 heterocycles. The second-order valence-corrected chi connectivity index (χ2v) is 5.02. The molecule has 0 saturated carbocycles. The van der Waals surface area contributed by atoms with Crippen molar-refractivity contribution in [3.05, 3.63) is 0 Å². The van der Waals surface area contributed by atoms with Crippen molar-refractivity contribution in [2.24, 2.45) is 5.92 Å². The molecule has 2 aliphatic heterocycles. The van der Waals surface area contributed by atoms with E-state index in [1.54, 1.807) is 0 Å². The van der Waals surface area contributed by atoms with E-state index in [9.17, 15) is 9.59 Å². The topological polar surface area (TPSA) is 88.7 Å². The Morgan fingerprint density at radius 3 is 2.25 bits per heavy atom. The fraction of sp³-hybridized carbons (Fsp3) is 0.857. The van der Waals surface area contributed by atoms with Crippen LogP contribution in [0.3, 0.4) is 0 Å². The molecule has 2 rings (SSSR count). The first-order valence-corrected chi connectivity index (χ1v) is 7.18. The van der Waals surface area contributed by atoms with Crippen LogP contribution >= 0.6 is 0 Å². The van der Waals surface area contributed by atoms with Crippen molar-refractivity contribution >= 4 is 11.9 Å². The van der Waals surface area contributed by atoms with E-state index in [2.05, 4.69) is 0 Å². The van der Waals surface area contributed by atoms with E-state index in [4.69, 9.17) is 19.3 Å². The van der Waals surface area contributed by atoms with Gasteiger partial charge in [-0.2, -0.15) is 0 Å². The summed E-state index contributed by atoms with van der Waals surface area (Å²) >= 11 is 0. The van der Waals surface area contributed by atoms with E-state index in [-0.39, 0.29) is 24.1 Å². The smallest absolute Gasteiger partial charge is 0.306 e. The van der Waals surface area contributed by atoms with Gasteiger partial charge in [0.2, 0.25) is 0 Å². The van der Waals surface area contributed by atoms with E-state index in [1.807, 2.05) is 13.8 Å². The SMILES string of the molecule is CCC(CC1CO1)C(=O)O.CCCC(=O)OCC1CO1. The average Bonchev–Trinajstić information content (AvgIpc) is 3.28. The third kappa shape index (κ3) is 8.12. The number of aliphatic carboxylic acids is 1. The quantitative estimate of drug-likeness (QED) is 0.539. The predicted octanol–water partition coefficient (Wildman–Crippen LogP) is 1.61. The van der Waals surface area contributed by atoms with Gasteiger partial charge in [-0.25, -0.2) is 0 Å². The van der Waals surface area contributed by atoms with Crippen LogP contribution in [0.1, 0.15) is 39.5 Å². The minimum Gasteiger partial charge on any atom is -0.481 e. The van der Waals surface area contributed by atoms with E-state index < -0.39 is 5.97 Å². The third-order valence-corrected chi connectivity index (χ3v) is 3.08. The van der Waals surface area contributed by atoms with Crippen molar-refractivity contribution in [2.45, 2.75) is 51.7 Å². The zero-order valence-corrected chi connectivity index (χ0v) is 12.2. The second-order valence-electron chi connectivity index (χ2n) is 5.02. The Bertz CT molecular complexity index is 307. The fourth-order valence-corrected chi connectivity index (χ4v) is 1.59. The summed E-state index contributed by atoms with van der Waals surface area (Å²) in [7, 11) is 0. The summed E-state index contributed by atoms with van der Waals surface area (Å²) in [5.41, 5.74) is 0. The van der Waals surface area contributed by atoms with Crippen molar-refractivity contribution in [2.75, 3.05) is 19.8 Å². The van der Waals surface area contributed by atoms with Gasteiger partial charge in [-0.15, -0.1) is 0 Å². The minimum absolute atomic E-state index is 0.113. The molecule has 20 heavy (non-hydrogen) atoms. The average molecular weight is 288 g/mol. The molecule has 1 N–H and O–H groups in total. The lowest BCUT2D eigenvalue weighted by Crippen LogP contribution is -2.14. The molecule has 2 saturated heterocycles. The molecule has 6 heteroatoms. The van der Waals surface area contributed by atoms with Gasteiger partial charge in [0.1, 0.15) is 12.7 Å². The van der Waals surface area contributed by atoms with Crippen LogP contribution in [0, 0.1) is 5.92 Å². The number of epoxide rings is 2. The Kier molecular flexibility index (Phi) is 7.54. The second kappa shape index (κ2) is 8.92. The molecule has 0 radical (unpaired) electrons. The summed E-state index contributed by atoms with van der Waals surface area (Å²) in [4.78, 5) is 21.1. The number of rotatable bonds is 8. The summed E-state index contributed by atoms with van der Waals surface area (Å²) in [6.07, 6.45) is 3.19. The Morgan fingerprint density at radius 1 is 1.25 bits per heavy atom. The van der Waals surface area contributed by atoms with Crippen LogP contribution in [0.5, 0.6) is 0 Å². The van der Waals surface area contributed by atoms with Gasteiger partial charge in [-0.1, -0.05) is 13.8 Å². The maximum atomic E-state index is 10.7. The Morgan fingerprint density at radius 2 is 1.85 bits per heavy atom. The maximum absolute atomic E-state index is 10.7. The largest absolute Gasteiger partial charge is 0.481 e. The van der Waals surface area contributed by atoms with E-state index in [1.165, 1.54) is 0 Å². The van der Waals surface area contributed by atoms with E-state index >= 15 is 0 Å². The highest BCUT2D eigenvalue weighted by Gasteiger charge is 2.29. The Hall–Kier alpha value is -1.14. The van der Waals surface area contributed by atoms with Crippen molar-refractivity contribution in [3.8, 4) is 0 Å². The number of hydrogen-bond donors (Lipinski definition) is 1. The zero-order valence-electron chi connectivity index (χ0n) is 12.2. The first kappa shape index (κ1) is 16.9. The van der Waals surface area contributed by atoms with Gasteiger partial charge in [0.15, 0.2) is 0 Å². The standard InChI is InChI=1S/2C7H12O3/c1-2-5(7(8)9)3-6-4-10-6;1-2-3-7(8)10-5-6-4-9-6/h5-6H,2-4H2,1H3,(H,8,9);6H,2-5H2,1H3. The molecule has 0 aromatic rings. The van der Waals surface area contributed by atoms with Gasteiger partial charge in [0, 0.05) is 6.42 Å². The Labute approximate surface area is 119 Å². The number of carbonyl (C=O) groups is 2. The number of hydrogen-bond acceptors (Lipinski definition) is 5. The van der Waals surface area contributed by atoms with Crippen molar-refractivity contribution < 1.29 is 28.9 Å². The van der Waals surface area contributed by atoms with Crippen LogP contribution in [0.2, 0.25) is 0 Å². The monoisotopic (exact) mass is 288 g/mol. The lowest BCUT2D eigenvalue weighted by atomic mass is 10.0. The number of ether oxygens (including phenoxy) is 3. The van der Waals surface area contributed by atoms with Gasteiger partial charge in [0.25, 0.3) is 0 Å². The number of esters is 1. The van der Waals surface area contributed by atoms with Gasteiger partial charge in [0.05, 0.1) is 25.2 Å². The van der Waals surface area contributed by atoms with Crippen LogP contribution < -0.4 is 0 Å². The Balaban J connectivity index is 0.000000200. The molecule has 2 fully saturated rings. The summed E-state index contributed by atoms with van der Waals surface area (Å²) in [5.74, 6) is -1.01. The molecule has 0 bridgehead atoms. The highest BCUT2D eigenvalue weighted by molar-refractivity contribution is 5.70. The highest BCUT2D eigenvalue weighted by Crippen LogP contribution is 2.21. The van der Waals surface area contributed by atoms with Crippen LogP contribution in [-0.2, 0) is 23.8 Å². The van der Waals surface area contributed by atoms with Crippen molar-refractivity contribution in [1.82, 2.24) is 0 Å². The molecular weight excluding hydrogens is 264 g/mol. The van der Waals surface area contributed by atoms with Gasteiger partial charge in [-0.05, 0) is 19.3 Å². The fourth-order valence-electron chi connectivity index (χ4n) is 1.59. The van der Waals surface area contributed by atoms with Crippen LogP contribution in [0.4, 0.5) is 0 Å². The van der Waals surface area contributed by atoms with E-state index in [0.29, 0.717) is 25.9 Å². The maximum Gasteiger partial charge on any atom is 0.306 e. The molecule has 0 aliphatic carbocycles. The molecule has 3 atom stereocenters. The lowest BCUT2D eigenvalue weighted by molar-refractivity contribution is -0.144. The summed E-state index contributed by atoms with van der Waals surface area (Å²) in [6, 6.07) is 0. The van der Waals surface area contributed by atoms with Crippen molar-refractivity contribution in [1.29, 1.82) is 0 Å². The van der Waals surface area contributed by atoms with Gasteiger partial charge >= 0.3 is 11.9 Å². The van der Waals surface area contributed by atoms with Crippen LogP contribution in [0.15, 0.2) is 0 Å². The molecule has 2 aliphatic rings. The number of carboxylic acid groups (broad SMARTS) is 1. The molecule has 0 spiro atoms. The van der Waals surface area contributed by atoms with Crippen LogP contribution in [0.25, 0.3) is 0 Å². The summed E-state index contributed by atoms with van der Waals surface area (Å²) in [5, 5.41) is 8.59. The molecule has 116 valence electrons. The highest BCUT2D eigenvalue weighted by atomic mass is 16.6. The molecule has 3 unspecified atom stereocenters. The van der Waals surface area contributed by atoms with E-state index in [0.717, 1.165) is 19.6 Å². The molecule has 0 aromatic carbocycles.